The second kappa shape index (κ2) is 14.6. The number of hydrogen-bond acceptors (Lipinski definition) is 9. The first-order valence-corrected chi connectivity index (χ1v) is 18.1. The van der Waals surface area contributed by atoms with Gasteiger partial charge < -0.3 is 20.7 Å². The lowest BCUT2D eigenvalue weighted by atomic mass is 9.45. The van der Waals surface area contributed by atoms with Crippen molar-refractivity contribution in [1.82, 2.24) is 16.0 Å². The molecule has 0 aromatic heterocycles. The van der Waals surface area contributed by atoms with Gasteiger partial charge in [-0.2, -0.15) is 22.3 Å². The van der Waals surface area contributed by atoms with Crippen LogP contribution in [0.1, 0.15) is 78.1 Å². The minimum atomic E-state index is -1.22. The third-order valence-electron chi connectivity index (χ3n) is 11.0. The second-order valence-corrected chi connectivity index (χ2v) is 15.5. The first kappa shape index (κ1) is 36.0. The number of hydrogen-bond donors (Lipinski definition) is 3. The highest BCUT2D eigenvalue weighted by molar-refractivity contribution is 8.00. The monoisotopic (exact) mass is 685 g/mol. The third kappa shape index (κ3) is 7.05. The van der Waals surface area contributed by atoms with Crippen molar-refractivity contribution >= 4 is 41.2 Å². The molecule has 3 amide bonds. The van der Waals surface area contributed by atoms with Crippen LogP contribution in [0.3, 0.4) is 0 Å². The molecule has 11 nitrogen and oxygen atoms in total. The number of carbonyl (C=O) groups is 5. The van der Waals surface area contributed by atoms with Crippen LogP contribution in [0.4, 0.5) is 4.79 Å². The van der Waals surface area contributed by atoms with Crippen LogP contribution >= 0.6 is 11.8 Å². The molecule has 5 rings (SSSR count). The Balaban J connectivity index is 1.05. The van der Waals surface area contributed by atoms with Gasteiger partial charge in [0.1, 0.15) is 18.7 Å². The van der Waals surface area contributed by atoms with Gasteiger partial charge in [-0.25, -0.2) is 4.79 Å². The number of terminal acetylenes is 1. The fourth-order valence-corrected chi connectivity index (χ4v) is 9.96. The Morgan fingerprint density at radius 3 is 2.53 bits per heavy atom. The molecule has 0 unspecified atom stereocenters. The van der Waals surface area contributed by atoms with Crippen molar-refractivity contribution in [2.75, 3.05) is 18.9 Å². The minimum absolute atomic E-state index is 0.00691. The Morgan fingerprint density at radius 2 is 1.80 bits per heavy atom. The van der Waals surface area contributed by atoms with Crippen LogP contribution in [0.15, 0.2) is 34.9 Å². The number of amides is 3. The number of esters is 1. The van der Waals surface area contributed by atoms with E-state index in [1.54, 1.807) is 13.0 Å². The number of Topliss-reactive ketones (excluding diaryl/α,β-unsaturated/α-hetero) is 1. The summed E-state index contributed by atoms with van der Waals surface area (Å²) in [6, 6.07) is 4.22. The number of ketones is 2. The third-order valence-corrected chi connectivity index (χ3v) is 12.5. The zero-order chi connectivity index (χ0) is 35.4. The summed E-state index contributed by atoms with van der Waals surface area (Å²) in [7, 11) is 0. The summed E-state index contributed by atoms with van der Waals surface area (Å²) in [5.74, 6) is 2.00. The average molecular weight is 686 g/mol. The van der Waals surface area contributed by atoms with E-state index in [-0.39, 0.29) is 48.2 Å². The smallest absolute Gasteiger partial charge is 0.315 e. The van der Waals surface area contributed by atoms with Gasteiger partial charge in [-0.05, 0) is 69.1 Å². The van der Waals surface area contributed by atoms with Crippen LogP contribution in [0.25, 0.3) is 0 Å². The molecular formula is C37H43N5O6S. The fraction of sp³-hybridized carbons (Fsp3) is 0.595. The van der Waals surface area contributed by atoms with E-state index < -0.39 is 39.7 Å². The van der Waals surface area contributed by atoms with Crippen LogP contribution in [0.2, 0.25) is 0 Å². The van der Waals surface area contributed by atoms with Gasteiger partial charge in [-0.3, -0.25) is 19.2 Å². The summed E-state index contributed by atoms with van der Waals surface area (Å²) in [5.41, 5.74) is -2.69. The normalized spacial score (nSPS) is 32.7. The molecule has 2 aliphatic heterocycles. The first-order chi connectivity index (χ1) is 23.4. The quantitative estimate of drug-likeness (QED) is 0.112. The predicted octanol–water partition coefficient (Wildman–Crippen LogP) is 3.97. The Hall–Kier alpha value is -4.34. The van der Waals surface area contributed by atoms with Crippen LogP contribution in [0.5, 0.6) is 0 Å². The van der Waals surface area contributed by atoms with Crippen molar-refractivity contribution in [3.63, 3.8) is 0 Å². The maximum Gasteiger partial charge on any atom is 0.315 e. The molecule has 0 radical (unpaired) electrons. The lowest BCUT2D eigenvalue weighted by molar-refractivity contribution is -0.154. The zero-order valence-corrected chi connectivity index (χ0v) is 28.9. The summed E-state index contributed by atoms with van der Waals surface area (Å²) < 4.78 is 5.68. The SMILES string of the molecule is C#C[C@]12C=C(C#N)C(=O)C=C1[C@@]1(C)C=C(C#N)C(=O)[C@@](C)(COC(=O)CCCCCNC(=O)CCCC[C@@H]3SC[C@@H]4NC(=O)N[C@@H]43)[C@@H]1CC2. The van der Waals surface area contributed by atoms with E-state index >= 15 is 0 Å². The largest absolute Gasteiger partial charge is 0.465 e. The number of thioether (sulfide) groups is 1. The van der Waals surface area contributed by atoms with Gasteiger partial charge in [0, 0.05) is 35.8 Å². The molecule has 0 aromatic carbocycles. The first-order valence-electron chi connectivity index (χ1n) is 17.1. The molecule has 0 spiro atoms. The highest BCUT2D eigenvalue weighted by atomic mass is 32.2. The number of nitriles is 2. The molecular weight excluding hydrogens is 643 g/mol. The molecule has 49 heavy (non-hydrogen) atoms. The van der Waals surface area contributed by atoms with Gasteiger partial charge in [-0.1, -0.05) is 31.8 Å². The highest BCUT2D eigenvalue weighted by Crippen LogP contribution is 2.63. The van der Waals surface area contributed by atoms with Crippen LogP contribution < -0.4 is 16.0 Å². The zero-order valence-electron chi connectivity index (χ0n) is 28.1. The Labute approximate surface area is 291 Å². The molecule has 258 valence electrons. The fourth-order valence-electron chi connectivity index (χ4n) is 8.42. The second-order valence-electron chi connectivity index (χ2n) is 14.2. The van der Waals surface area contributed by atoms with E-state index in [9.17, 15) is 34.5 Å². The molecule has 0 bridgehead atoms. The minimum Gasteiger partial charge on any atom is -0.465 e. The standard InChI is InChI=1S/C37H43N5O6S/c1-4-37-14-13-28-35(2,29(37)16-26(43)23(18-37)19-38)17-24(20-39)33(46)36(28,3)22-48-31(45)12-6-5-9-15-40-30(44)11-8-7-10-27-32-25(21-49-27)41-34(47)42-32/h1,16-18,25,27-28,32H,5-15,21-22H2,2-3H3,(H,40,44)(H2,41,42,47)/t25-,27-,28+,32-,35-,36-,37-/m0/s1. The maximum atomic E-state index is 13.6. The lowest BCUT2D eigenvalue weighted by Crippen LogP contribution is -2.56. The van der Waals surface area contributed by atoms with Crippen LogP contribution in [-0.4, -0.2) is 65.7 Å². The number of urea groups is 1. The summed E-state index contributed by atoms with van der Waals surface area (Å²) in [5, 5.41) is 28.6. The maximum absolute atomic E-state index is 13.6. The Kier molecular flexibility index (Phi) is 10.7. The lowest BCUT2D eigenvalue weighted by Gasteiger charge is -2.56. The predicted molar refractivity (Wildman–Crippen MR) is 182 cm³/mol. The van der Waals surface area contributed by atoms with Gasteiger partial charge in [0.15, 0.2) is 11.6 Å². The van der Waals surface area contributed by atoms with E-state index in [4.69, 9.17) is 11.2 Å². The molecule has 2 saturated heterocycles. The molecule has 3 fully saturated rings. The number of ether oxygens (including phenoxy) is 1. The Morgan fingerprint density at radius 1 is 1.04 bits per heavy atom. The topological polar surface area (TPSA) is 178 Å². The Bertz CT molecular complexity index is 1650. The van der Waals surface area contributed by atoms with Crippen molar-refractivity contribution in [2.45, 2.75) is 95.4 Å². The van der Waals surface area contributed by atoms with Crippen molar-refractivity contribution in [3.8, 4) is 24.5 Å². The summed E-state index contributed by atoms with van der Waals surface area (Å²) in [6.45, 7) is 3.87. The van der Waals surface area contributed by atoms with Crippen molar-refractivity contribution in [1.29, 1.82) is 10.5 Å². The van der Waals surface area contributed by atoms with E-state index in [0.717, 1.165) is 25.0 Å². The summed E-state index contributed by atoms with van der Waals surface area (Å²) >= 11 is 1.87. The number of carbonyl (C=O) groups excluding carboxylic acids is 5. The average Bonchev–Trinajstić information content (AvgIpc) is 3.64. The van der Waals surface area contributed by atoms with Gasteiger partial charge in [0.25, 0.3) is 0 Å². The molecule has 0 aromatic rings. The van der Waals surface area contributed by atoms with E-state index in [0.29, 0.717) is 55.9 Å². The number of nitrogens with zero attached hydrogens (tertiary/aromatic N) is 2. The van der Waals surface area contributed by atoms with E-state index in [1.165, 1.54) is 12.2 Å². The summed E-state index contributed by atoms with van der Waals surface area (Å²) in [4.78, 5) is 63.0. The molecule has 5 aliphatic rings. The van der Waals surface area contributed by atoms with Crippen molar-refractivity contribution < 1.29 is 28.7 Å². The molecule has 3 N–H and O–H groups in total. The molecule has 2 heterocycles. The van der Waals surface area contributed by atoms with E-state index in [2.05, 4.69) is 21.9 Å². The van der Waals surface area contributed by atoms with Crippen molar-refractivity contribution in [3.05, 3.63) is 34.9 Å². The van der Waals surface area contributed by atoms with Gasteiger partial charge >= 0.3 is 12.0 Å². The molecule has 3 aliphatic carbocycles. The van der Waals surface area contributed by atoms with E-state index in [1.807, 2.05) is 30.8 Å². The number of unbranched alkanes of at least 4 members (excludes halogenated alkanes) is 3. The molecule has 7 atom stereocenters. The van der Waals surface area contributed by atoms with Crippen LogP contribution in [-0.2, 0) is 23.9 Å². The van der Waals surface area contributed by atoms with Gasteiger partial charge in [0.05, 0.1) is 34.1 Å². The summed E-state index contributed by atoms with van der Waals surface area (Å²) in [6.07, 6.45) is 16.6. The highest BCUT2D eigenvalue weighted by Gasteiger charge is 2.61. The van der Waals surface area contributed by atoms with Gasteiger partial charge in [0.2, 0.25) is 5.91 Å². The van der Waals surface area contributed by atoms with Crippen molar-refractivity contribution in [2.24, 2.45) is 22.2 Å². The number of fused-ring (bicyclic) bond motifs is 4. The number of nitrogens with one attached hydrogen (secondary N) is 3. The van der Waals surface area contributed by atoms with Crippen LogP contribution in [0, 0.1) is 57.2 Å². The van der Waals surface area contributed by atoms with Gasteiger partial charge in [-0.15, -0.1) is 6.42 Å². The molecule has 12 heteroatoms. The number of allylic oxidation sites excluding steroid dienone is 6. The number of rotatable bonds is 13. The molecule has 1 saturated carbocycles.